The van der Waals surface area contributed by atoms with Crippen molar-refractivity contribution in [2.45, 2.75) is 19.3 Å². The molecule has 124 valence electrons. The highest BCUT2D eigenvalue weighted by atomic mass is 32.1. The Hall–Kier alpha value is -2.61. The molecule has 2 N–H and O–H groups in total. The summed E-state index contributed by atoms with van der Waals surface area (Å²) in [6.07, 6.45) is 5.15. The van der Waals surface area contributed by atoms with Crippen LogP contribution in [0.1, 0.15) is 32.5 Å². The molecule has 1 amide bonds. The predicted molar refractivity (Wildman–Crippen MR) is 88.4 cm³/mol. The van der Waals surface area contributed by atoms with Crippen LogP contribution in [-0.4, -0.2) is 32.6 Å². The molecule has 6 nitrogen and oxygen atoms in total. The Morgan fingerprint density at radius 3 is 2.83 bits per heavy atom. The lowest BCUT2D eigenvalue weighted by Crippen LogP contribution is -2.24. The fourth-order valence-electron chi connectivity index (χ4n) is 2.17. The van der Waals surface area contributed by atoms with Crippen LogP contribution in [0.5, 0.6) is 0 Å². The zero-order valence-corrected chi connectivity index (χ0v) is 13.6. The summed E-state index contributed by atoms with van der Waals surface area (Å²) in [5.41, 5.74) is 0.963. The number of aryl methyl sites for hydroxylation is 1. The maximum Gasteiger partial charge on any atom is 0.263 e. The molecule has 0 aliphatic heterocycles. The number of H-pyrrole nitrogens is 1. The van der Waals surface area contributed by atoms with Gasteiger partial charge in [-0.05, 0) is 24.1 Å². The van der Waals surface area contributed by atoms with Gasteiger partial charge in [-0.3, -0.25) is 9.89 Å². The molecule has 3 rings (SSSR count). The van der Waals surface area contributed by atoms with Gasteiger partial charge in [0.15, 0.2) is 0 Å². The van der Waals surface area contributed by atoms with Gasteiger partial charge >= 0.3 is 0 Å². The van der Waals surface area contributed by atoms with Crippen molar-refractivity contribution in [1.82, 2.24) is 25.5 Å². The molecule has 24 heavy (non-hydrogen) atoms. The minimum absolute atomic E-state index is 0.129. The number of carbonyl (C=O) groups excluding carboxylic acids is 1. The van der Waals surface area contributed by atoms with E-state index in [2.05, 4.69) is 25.5 Å². The van der Waals surface area contributed by atoms with Crippen LogP contribution in [0.15, 0.2) is 36.8 Å². The number of thiazole rings is 1. The second-order valence-corrected chi connectivity index (χ2v) is 6.33. The third-order valence-electron chi connectivity index (χ3n) is 3.39. The lowest BCUT2D eigenvalue weighted by atomic mass is 10.2. The number of hydrogen-bond donors (Lipinski definition) is 2. The number of aromatic nitrogens is 4. The Kier molecular flexibility index (Phi) is 5.27. The summed E-state index contributed by atoms with van der Waals surface area (Å²) in [5.74, 6) is 0.419. The van der Waals surface area contributed by atoms with Crippen molar-refractivity contribution in [3.63, 3.8) is 0 Å². The number of nitrogens with zero attached hydrogens (tertiary/aromatic N) is 3. The van der Waals surface area contributed by atoms with Crippen molar-refractivity contribution in [1.29, 1.82) is 0 Å². The number of carbonyl (C=O) groups is 1. The molecule has 0 unspecified atom stereocenters. The van der Waals surface area contributed by atoms with E-state index in [0.717, 1.165) is 29.2 Å². The van der Waals surface area contributed by atoms with Gasteiger partial charge in [-0.1, -0.05) is 12.1 Å². The number of hydrogen-bond acceptors (Lipinski definition) is 5. The van der Waals surface area contributed by atoms with Crippen LogP contribution in [-0.2, 0) is 12.8 Å². The summed E-state index contributed by atoms with van der Waals surface area (Å²) in [4.78, 5) is 21.0. The van der Waals surface area contributed by atoms with Gasteiger partial charge in [0.2, 0.25) is 0 Å². The number of rotatable bonds is 7. The third-order valence-corrected chi connectivity index (χ3v) is 4.38. The van der Waals surface area contributed by atoms with E-state index < -0.39 is 0 Å². The molecule has 2 heterocycles. The zero-order chi connectivity index (χ0) is 16.8. The lowest BCUT2D eigenvalue weighted by molar-refractivity contribution is 0.0957. The van der Waals surface area contributed by atoms with Gasteiger partial charge in [-0.15, -0.1) is 11.3 Å². The number of amides is 1. The molecule has 2 aromatic heterocycles. The van der Waals surface area contributed by atoms with Crippen LogP contribution in [0.25, 0.3) is 0 Å². The van der Waals surface area contributed by atoms with E-state index in [1.165, 1.54) is 29.8 Å². The van der Waals surface area contributed by atoms with Gasteiger partial charge in [-0.2, -0.15) is 5.10 Å². The van der Waals surface area contributed by atoms with Crippen molar-refractivity contribution in [2.75, 3.05) is 6.54 Å². The largest absolute Gasteiger partial charge is 0.351 e. The Morgan fingerprint density at radius 2 is 2.08 bits per heavy atom. The third kappa shape index (κ3) is 4.45. The number of aromatic amines is 1. The van der Waals surface area contributed by atoms with E-state index in [-0.39, 0.29) is 11.7 Å². The normalized spacial score (nSPS) is 10.7. The van der Waals surface area contributed by atoms with E-state index in [1.807, 2.05) is 0 Å². The van der Waals surface area contributed by atoms with Crippen molar-refractivity contribution in [3.05, 3.63) is 63.9 Å². The van der Waals surface area contributed by atoms with Crippen LogP contribution in [0.2, 0.25) is 0 Å². The first-order valence-electron chi connectivity index (χ1n) is 7.52. The molecule has 0 fully saturated rings. The Bertz CT molecular complexity index is 785. The molecule has 0 saturated carbocycles. The van der Waals surface area contributed by atoms with E-state index in [9.17, 15) is 9.18 Å². The van der Waals surface area contributed by atoms with Crippen molar-refractivity contribution in [3.8, 4) is 0 Å². The lowest BCUT2D eigenvalue weighted by Gasteiger charge is -2.01. The summed E-state index contributed by atoms with van der Waals surface area (Å²) >= 11 is 1.35. The molecule has 0 aliphatic rings. The standard InChI is InChI=1S/C16H16FN5OS/c17-12-5-3-11(4-6-12)8-15-19-9-13(24-15)16(23)18-7-1-2-14-20-10-21-22-14/h3-6,9-10H,1-2,7-8H2,(H,18,23)(H,20,21,22). The quantitative estimate of drug-likeness (QED) is 0.644. The molecule has 8 heteroatoms. The van der Waals surface area contributed by atoms with Crippen LogP contribution in [0.4, 0.5) is 4.39 Å². The first-order valence-corrected chi connectivity index (χ1v) is 8.34. The fraction of sp³-hybridized carbons (Fsp3) is 0.250. The Labute approximate surface area is 142 Å². The van der Waals surface area contributed by atoms with Crippen LogP contribution < -0.4 is 5.32 Å². The molecule has 0 aliphatic carbocycles. The zero-order valence-electron chi connectivity index (χ0n) is 12.8. The summed E-state index contributed by atoms with van der Waals surface area (Å²) in [7, 11) is 0. The molecule has 1 aromatic carbocycles. The summed E-state index contributed by atoms with van der Waals surface area (Å²) < 4.78 is 12.9. The van der Waals surface area contributed by atoms with Gasteiger partial charge in [0.25, 0.3) is 5.91 Å². The molecule has 0 spiro atoms. The highest BCUT2D eigenvalue weighted by Gasteiger charge is 2.10. The monoisotopic (exact) mass is 345 g/mol. The topological polar surface area (TPSA) is 83.6 Å². The summed E-state index contributed by atoms with van der Waals surface area (Å²) in [5, 5.41) is 10.2. The minimum Gasteiger partial charge on any atom is -0.351 e. The van der Waals surface area contributed by atoms with Gasteiger partial charge in [0, 0.05) is 19.4 Å². The van der Waals surface area contributed by atoms with Crippen LogP contribution >= 0.6 is 11.3 Å². The highest BCUT2D eigenvalue weighted by molar-refractivity contribution is 7.13. The van der Waals surface area contributed by atoms with Crippen molar-refractivity contribution < 1.29 is 9.18 Å². The molecule has 0 bridgehead atoms. The van der Waals surface area contributed by atoms with E-state index >= 15 is 0 Å². The maximum atomic E-state index is 12.9. The second-order valence-electron chi connectivity index (χ2n) is 5.21. The van der Waals surface area contributed by atoms with E-state index in [1.54, 1.807) is 18.3 Å². The fourth-order valence-corrected chi connectivity index (χ4v) is 3.04. The summed E-state index contributed by atoms with van der Waals surface area (Å²) in [6.45, 7) is 0.560. The smallest absolute Gasteiger partial charge is 0.263 e. The van der Waals surface area contributed by atoms with Gasteiger partial charge in [0.1, 0.15) is 22.8 Å². The van der Waals surface area contributed by atoms with Crippen molar-refractivity contribution >= 4 is 17.2 Å². The SMILES string of the molecule is O=C(NCCCc1ncn[nH]1)c1cnc(Cc2ccc(F)cc2)s1. The second kappa shape index (κ2) is 7.78. The molecular weight excluding hydrogens is 329 g/mol. The minimum atomic E-state index is -0.261. The number of nitrogens with one attached hydrogen (secondary N) is 2. The summed E-state index contributed by atoms with van der Waals surface area (Å²) in [6, 6.07) is 6.29. The Balaban J connectivity index is 1.47. The predicted octanol–water partition coefficient (Wildman–Crippen LogP) is 2.35. The van der Waals surface area contributed by atoms with Gasteiger partial charge < -0.3 is 5.32 Å². The molecular formula is C16H16FN5OS. The molecule has 0 atom stereocenters. The first-order chi connectivity index (χ1) is 11.7. The van der Waals surface area contributed by atoms with Gasteiger partial charge in [0.05, 0.1) is 11.2 Å². The van der Waals surface area contributed by atoms with E-state index in [4.69, 9.17) is 0 Å². The molecule has 0 radical (unpaired) electrons. The average molecular weight is 345 g/mol. The average Bonchev–Trinajstić information content (AvgIpc) is 3.25. The Morgan fingerprint density at radius 1 is 1.25 bits per heavy atom. The van der Waals surface area contributed by atoms with E-state index in [0.29, 0.717) is 17.8 Å². The molecule has 0 saturated heterocycles. The highest BCUT2D eigenvalue weighted by Crippen LogP contribution is 2.17. The number of benzene rings is 1. The molecule has 3 aromatic rings. The number of halogens is 1. The maximum absolute atomic E-state index is 12.9. The van der Waals surface area contributed by atoms with Crippen LogP contribution in [0, 0.1) is 5.82 Å². The first kappa shape index (κ1) is 16.3. The van der Waals surface area contributed by atoms with Crippen LogP contribution in [0.3, 0.4) is 0 Å². The van der Waals surface area contributed by atoms with Gasteiger partial charge in [-0.25, -0.2) is 14.4 Å². The van der Waals surface area contributed by atoms with Crippen molar-refractivity contribution in [2.24, 2.45) is 0 Å².